The molecule has 1 aliphatic carbocycles. The van der Waals surface area contributed by atoms with Crippen molar-refractivity contribution < 1.29 is 19.4 Å². The summed E-state index contributed by atoms with van der Waals surface area (Å²) in [6.07, 6.45) is 1.48. The number of rotatable bonds is 4. The number of urea groups is 1. The maximum Gasteiger partial charge on any atom is 0.323 e. The first-order chi connectivity index (χ1) is 9.10. The Labute approximate surface area is 111 Å². The molecule has 2 amide bonds. The molecular formula is C12H17N3O4. The van der Waals surface area contributed by atoms with Crippen LogP contribution in [-0.4, -0.2) is 65.8 Å². The third-order valence-electron chi connectivity index (χ3n) is 3.25. The van der Waals surface area contributed by atoms with E-state index in [4.69, 9.17) is 15.1 Å². The average molecular weight is 267 g/mol. The van der Waals surface area contributed by atoms with Gasteiger partial charge in [0.15, 0.2) is 6.10 Å². The Morgan fingerprint density at radius 3 is 2.79 bits per heavy atom. The lowest BCUT2D eigenvalue weighted by Gasteiger charge is -2.34. The number of aliphatic carboxylic acids is 1. The first kappa shape index (κ1) is 13.6. The summed E-state index contributed by atoms with van der Waals surface area (Å²) in [6, 6.07) is 1.66. The molecule has 1 saturated carbocycles. The van der Waals surface area contributed by atoms with Gasteiger partial charge >= 0.3 is 12.0 Å². The van der Waals surface area contributed by atoms with Crippen molar-refractivity contribution in [1.82, 2.24) is 9.80 Å². The number of carbonyl (C=O) groups excluding carboxylic acids is 1. The summed E-state index contributed by atoms with van der Waals surface area (Å²) in [5.74, 6) is -0.588. The Bertz CT molecular complexity index is 402. The van der Waals surface area contributed by atoms with Gasteiger partial charge in [0, 0.05) is 13.1 Å². The average Bonchev–Trinajstić information content (AvgIpc) is 3.20. The highest BCUT2D eigenvalue weighted by Crippen LogP contribution is 2.30. The molecule has 7 nitrogen and oxygen atoms in total. The van der Waals surface area contributed by atoms with Gasteiger partial charge in [-0.25, -0.2) is 4.79 Å². The van der Waals surface area contributed by atoms with Gasteiger partial charge in [0.2, 0.25) is 0 Å². The van der Waals surface area contributed by atoms with Crippen LogP contribution in [0.1, 0.15) is 12.8 Å². The molecule has 0 spiro atoms. The predicted octanol–water partition coefficient (Wildman–Crippen LogP) is 0.127. The Morgan fingerprint density at radius 1 is 1.47 bits per heavy atom. The Kier molecular flexibility index (Phi) is 4.22. The normalized spacial score (nSPS) is 22.7. The Balaban J connectivity index is 1.96. The van der Waals surface area contributed by atoms with Gasteiger partial charge < -0.3 is 19.6 Å². The molecular weight excluding hydrogens is 250 g/mol. The molecule has 1 atom stereocenters. The van der Waals surface area contributed by atoms with Crippen LogP contribution in [0.2, 0.25) is 0 Å². The summed E-state index contributed by atoms with van der Waals surface area (Å²) < 4.78 is 5.17. The van der Waals surface area contributed by atoms with Crippen LogP contribution >= 0.6 is 0 Å². The van der Waals surface area contributed by atoms with E-state index in [-0.39, 0.29) is 19.1 Å². The maximum atomic E-state index is 12.3. The van der Waals surface area contributed by atoms with Crippen LogP contribution in [0.4, 0.5) is 4.79 Å². The number of ether oxygens (including phenoxy) is 1. The number of hydrogen-bond acceptors (Lipinski definition) is 4. The number of carbonyl (C=O) groups is 2. The van der Waals surface area contributed by atoms with Gasteiger partial charge in [-0.3, -0.25) is 4.79 Å². The Hall–Kier alpha value is -1.81. The van der Waals surface area contributed by atoms with Gasteiger partial charge in [-0.15, -0.1) is 0 Å². The number of nitrogens with zero attached hydrogens (tertiary/aromatic N) is 3. The summed E-state index contributed by atoms with van der Waals surface area (Å²) in [5, 5.41) is 17.7. The van der Waals surface area contributed by atoms with Crippen LogP contribution < -0.4 is 0 Å². The highest BCUT2D eigenvalue weighted by Gasteiger charge is 2.32. The van der Waals surface area contributed by atoms with E-state index < -0.39 is 12.1 Å². The van der Waals surface area contributed by atoms with Crippen LogP contribution in [0.15, 0.2) is 0 Å². The summed E-state index contributed by atoms with van der Waals surface area (Å²) in [6.45, 7) is 1.12. The van der Waals surface area contributed by atoms with Crippen molar-refractivity contribution >= 4 is 12.0 Å². The molecule has 2 rings (SSSR count). The zero-order valence-electron chi connectivity index (χ0n) is 10.6. The minimum absolute atomic E-state index is 0.204. The molecule has 2 aliphatic rings. The molecule has 1 N–H and O–H groups in total. The molecule has 1 unspecified atom stereocenters. The lowest BCUT2D eigenvalue weighted by Crippen LogP contribution is -2.52. The van der Waals surface area contributed by atoms with Crippen molar-refractivity contribution in [1.29, 1.82) is 5.26 Å². The van der Waals surface area contributed by atoms with Crippen molar-refractivity contribution in [3.63, 3.8) is 0 Å². The van der Waals surface area contributed by atoms with Crippen molar-refractivity contribution in [2.75, 3.05) is 32.8 Å². The standard InChI is InChI=1S/C12H17N3O4/c13-5-10-7-14(3-4-19-10)12(18)15(8-11(16)17)6-9-1-2-9/h9-10H,1-4,6-8H2,(H,16,17). The molecule has 104 valence electrons. The molecule has 0 aromatic heterocycles. The van der Waals surface area contributed by atoms with Crippen LogP contribution in [0.25, 0.3) is 0 Å². The lowest BCUT2D eigenvalue weighted by atomic mass is 10.3. The summed E-state index contributed by atoms with van der Waals surface area (Å²) in [5.41, 5.74) is 0. The highest BCUT2D eigenvalue weighted by atomic mass is 16.5. The molecule has 0 aromatic carbocycles. The van der Waals surface area contributed by atoms with E-state index in [1.165, 1.54) is 9.80 Å². The smallest absolute Gasteiger partial charge is 0.323 e. The van der Waals surface area contributed by atoms with Gasteiger partial charge in [0.1, 0.15) is 6.54 Å². The topological polar surface area (TPSA) is 93.9 Å². The number of carboxylic acids is 1. The molecule has 1 saturated heterocycles. The first-order valence-corrected chi connectivity index (χ1v) is 6.37. The fourth-order valence-corrected chi connectivity index (χ4v) is 2.09. The largest absolute Gasteiger partial charge is 0.480 e. The fraction of sp³-hybridized carbons (Fsp3) is 0.750. The molecule has 2 fully saturated rings. The van der Waals surface area contributed by atoms with Crippen molar-refractivity contribution in [2.45, 2.75) is 18.9 Å². The lowest BCUT2D eigenvalue weighted by molar-refractivity contribution is -0.137. The molecule has 0 aromatic rings. The summed E-state index contributed by atoms with van der Waals surface area (Å²) in [7, 11) is 0. The first-order valence-electron chi connectivity index (χ1n) is 6.37. The van der Waals surface area contributed by atoms with Gasteiger partial charge in [0.05, 0.1) is 19.2 Å². The zero-order valence-corrected chi connectivity index (χ0v) is 10.6. The van der Waals surface area contributed by atoms with E-state index in [0.717, 1.165) is 12.8 Å². The van der Waals surface area contributed by atoms with Crippen LogP contribution in [-0.2, 0) is 9.53 Å². The number of carboxylic acid groups (broad SMARTS) is 1. The fourth-order valence-electron chi connectivity index (χ4n) is 2.09. The van der Waals surface area contributed by atoms with E-state index in [9.17, 15) is 9.59 Å². The van der Waals surface area contributed by atoms with Crippen LogP contribution in [0.5, 0.6) is 0 Å². The minimum atomic E-state index is -1.01. The molecule has 1 heterocycles. The number of amides is 2. The van der Waals surface area contributed by atoms with E-state index in [1.54, 1.807) is 0 Å². The van der Waals surface area contributed by atoms with Gasteiger partial charge in [-0.2, -0.15) is 5.26 Å². The van der Waals surface area contributed by atoms with Crippen molar-refractivity contribution in [2.24, 2.45) is 5.92 Å². The molecule has 0 bridgehead atoms. The minimum Gasteiger partial charge on any atom is -0.480 e. The van der Waals surface area contributed by atoms with E-state index in [0.29, 0.717) is 25.6 Å². The van der Waals surface area contributed by atoms with Crippen molar-refractivity contribution in [3.8, 4) is 6.07 Å². The maximum absolute atomic E-state index is 12.3. The number of hydrogen-bond donors (Lipinski definition) is 1. The second kappa shape index (κ2) is 5.89. The van der Waals surface area contributed by atoms with Crippen LogP contribution in [0, 0.1) is 17.2 Å². The van der Waals surface area contributed by atoms with Crippen LogP contribution in [0.3, 0.4) is 0 Å². The molecule has 0 radical (unpaired) electrons. The van der Waals surface area contributed by atoms with E-state index in [2.05, 4.69) is 0 Å². The molecule has 7 heteroatoms. The van der Waals surface area contributed by atoms with Gasteiger partial charge in [-0.05, 0) is 18.8 Å². The second-order valence-corrected chi connectivity index (χ2v) is 4.93. The summed E-state index contributed by atoms with van der Waals surface area (Å²) >= 11 is 0. The monoisotopic (exact) mass is 267 g/mol. The molecule has 1 aliphatic heterocycles. The van der Waals surface area contributed by atoms with E-state index >= 15 is 0 Å². The second-order valence-electron chi connectivity index (χ2n) is 4.93. The third kappa shape index (κ3) is 3.83. The van der Waals surface area contributed by atoms with Crippen molar-refractivity contribution in [3.05, 3.63) is 0 Å². The number of nitriles is 1. The third-order valence-corrected chi connectivity index (χ3v) is 3.25. The SMILES string of the molecule is N#CC1CN(C(=O)N(CC(=O)O)CC2CC2)CCO1. The van der Waals surface area contributed by atoms with Gasteiger partial charge in [0.25, 0.3) is 0 Å². The van der Waals surface area contributed by atoms with E-state index in [1.807, 2.05) is 6.07 Å². The Morgan fingerprint density at radius 2 is 2.21 bits per heavy atom. The summed E-state index contributed by atoms with van der Waals surface area (Å²) in [4.78, 5) is 26.0. The van der Waals surface area contributed by atoms with Gasteiger partial charge in [-0.1, -0.05) is 0 Å². The number of morpholine rings is 1. The highest BCUT2D eigenvalue weighted by molar-refractivity contribution is 5.80. The molecule has 19 heavy (non-hydrogen) atoms. The quantitative estimate of drug-likeness (QED) is 0.781. The predicted molar refractivity (Wildman–Crippen MR) is 64.3 cm³/mol. The zero-order chi connectivity index (χ0) is 13.8.